The van der Waals surface area contributed by atoms with E-state index in [9.17, 15) is 14.9 Å². The number of benzene rings is 1. The first-order chi connectivity index (χ1) is 6.97. The molecule has 7 heteroatoms. The summed E-state index contributed by atoms with van der Waals surface area (Å²) in [5.41, 5.74) is -0.410. The van der Waals surface area contributed by atoms with Gasteiger partial charge in [0.25, 0.3) is 10.9 Å². The molecule has 0 aliphatic heterocycles. The van der Waals surface area contributed by atoms with Crippen molar-refractivity contribution in [1.82, 2.24) is 0 Å². The van der Waals surface area contributed by atoms with E-state index in [1.807, 2.05) is 0 Å². The number of hydrogen-bond donors (Lipinski definition) is 0. The summed E-state index contributed by atoms with van der Waals surface area (Å²) in [5.74, 6) is 0. The standard InChI is InChI=1S/C8H2ClIN2O3/c9-8(13)5-1-4(3-11)7(12(14)15)2-6(5)10/h1-2H. The smallest absolute Gasteiger partial charge is 0.276 e. The molecule has 0 fully saturated rings. The molecular weight excluding hydrogens is 334 g/mol. The SMILES string of the molecule is N#Cc1cc(C(=O)Cl)c(I)cc1[N+](=O)[O-]. The van der Waals surface area contributed by atoms with Crippen LogP contribution < -0.4 is 0 Å². The number of nitro benzene ring substituents is 1. The van der Waals surface area contributed by atoms with Crippen molar-refractivity contribution in [2.45, 2.75) is 0 Å². The van der Waals surface area contributed by atoms with Crippen molar-refractivity contribution in [1.29, 1.82) is 5.26 Å². The second kappa shape index (κ2) is 4.55. The van der Waals surface area contributed by atoms with E-state index in [0.717, 1.165) is 12.1 Å². The van der Waals surface area contributed by atoms with Crippen LogP contribution in [-0.2, 0) is 0 Å². The second-order valence-electron chi connectivity index (χ2n) is 2.49. The van der Waals surface area contributed by atoms with Gasteiger partial charge in [-0.15, -0.1) is 0 Å². The Balaban J connectivity index is 3.51. The van der Waals surface area contributed by atoms with Crippen molar-refractivity contribution in [3.8, 4) is 6.07 Å². The lowest BCUT2D eigenvalue weighted by atomic mass is 10.1. The van der Waals surface area contributed by atoms with Gasteiger partial charge < -0.3 is 0 Å². The van der Waals surface area contributed by atoms with Crippen LogP contribution >= 0.6 is 34.2 Å². The summed E-state index contributed by atoms with van der Waals surface area (Å²) in [5, 5.41) is 18.5. The monoisotopic (exact) mass is 336 g/mol. The Morgan fingerprint density at radius 1 is 1.60 bits per heavy atom. The molecule has 5 nitrogen and oxygen atoms in total. The Morgan fingerprint density at radius 2 is 2.20 bits per heavy atom. The highest BCUT2D eigenvalue weighted by molar-refractivity contribution is 14.1. The molecule has 0 saturated heterocycles. The summed E-state index contributed by atoms with van der Waals surface area (Å²) in [6.45, 7) is 0. The molecule has 0 N–H and O–H groups in total. The van der Waals surface area contributed by atoms with Gasteiger partial charge in [-0.2, -0.15) is 5.26 Å². The maximum absolute atomic E-state index is 10.9. The zero-order valence-corrected chi connectivity index (χ0v) is 9.94. The number of carbonyl (C=O) groups is 1. The van der Waals surface area contributed by atoms with Gasteiger partial charge in [0.05, 0.1) is 4.92 Å². The van der Waals surface area contributed by atoms with Crippen LogP contribution in [0.1, 0.15) is 15.9 Å². The first-order valence-corrected chi connectivity index (χ1v) is 5.01. The maximum Gasteiger partial charge on any atom is 0.288 e. The minimum atomic E-state index is -0.745. The Labute approximate surface area is 103 Å². The van der Waals surface area contributed by atoms with Crippen LogP contribution in [0.5, 0.6) is 0 Å². The number of hydrogen-bond acceptors (Lipinski definition) is 4. The molecule has 0 saturated carbocycles. The average molecular weight is 336 g/mol. The summed E-state index contributed by atoms with van der Waals surface area (Å²) in [6.07, 6.45) is 0. The summed E-state index contributed by atoms with van der Waals surface area (Å²) in [4.78, 5) is 20.8. The van der Waals surface area contributed by atoms with Crippen LogP contribution in [-0.4, -0.2) is 10.2 Å². The van der Waals surface area contributed by atoms with E-state index in [-0.39, 0.29) is 16.8 Å². The number of rotatable bonds is 2. The van der Waals surface area contributed by atoms with Gasteiger partial charge in [-0.3, -0.25) is 14.9 Å². The van der Waals surface area contributed by atoms with Gasteiger partial charge in [0, 0.05) is 15.2 Å². The van der Waals surface area contributed by atoms with E-state index in [2.05, 4.69) is 0 Å². The van der Waals surface area contributed by atoms with Crippen molar-refractivity contribution in [2.24, 2.45) is 0 Å². The fourth-order valence-electron chi connectivity index (χ4n) is 0.954. The molecule has 0 spiro atoms. The van der Waals surface area contributed by atoms with Crippen LogP contribution in [0.2, 0.25) is 0 Å². The zero-order valence-electron chi connectivity index (χ0n) is 7.03. The number of nitrogens with zero attached hydrogens (tertiary/aromatic N) is 2. The summed E-state index contributed by atoms with van der Waals surface area (Å²) in [6, 6.07) is 3.91. The third-order valence-electron chi connectivity index (χ3n) is 1.61. The number of nitriles is 1. The summed E-state index contributed by atoms with van der Waals surface area (Å²) < 4.78 is 0.346. The normalized spacial score (nSPS) is 9.40. The minimum absolute atomic E-state index is 0.0967. The van der Waals surface area contributed by atoms with Gasteiger partial charge in [0.1, 0.15) is 11.6 Å². The fraction of sp³-hybridized carbons (Fsp3) is 0. The van der Waals surface area contributed by atoms with Crippen molar-refractivity contribution >= 4 is 45.1 Å². The highest BCUT2D eigenvalue weighted by atomic mass is 127. The average Bonchev–Trinajstić information content (AvgIpc) is 2.16. The molecule has 1 aromatic carbocycles. The number of carbonyl (C=O) groups excluding carboxylic acids is 1. The molecule has 1 rings (SSSR count). The van der Waals surface area contributed by atoms with Crippen LogP contribution in [0.15, 0.2) is 12.1 Å². The Kier molecular flexibility index (Phi) is 3.60. The van der Waals surface area contributed by atoms with Gasteiger partial charge in [-0.05, 0) is 40.3 Å². The molecule has 15 heavy (non-hydrogen) atoms. The first-order valence-electron chi connectivity index (χ1n) is 3.55. The lowest BCUT2D eigenvalue weighted by Crippen LogP contribution is -1.99. The first kappa shape index (κ1) is 11.9. The second-order valence-corrected chi connectivity index (χ2v) is 4.00. The molecule has 0 atom stereocenters. The molecule has 0 aliphatic carbocycles. The third-order valence-corrected chi connectivity index (χ3v) is 2.71. The predicted octanol–water partition coefficient (Wildman–Crippen LogP) is 2.45. The van der Waals surface area contributed by atoms with E-state index in [4.69, 9.17) is 16.9 Å². The molecule has 0 aliphatic rings. The Bertz CT molecular complexity index is 495. The third kappa shape index (κ3) is 2.43. The minimum Gasteiger partial charge on any atom is -0.276 e. The molecule has 0 heterocycles. The van der Waals surface area contributed by atoms with E-state index < -0.39 is 10.2 Å². The van der Waals surface area contributed by atoms with Gasteiger partial charge >= 0.3 is 0 Å². The molecule has 76 valence electrons. The van der Waals surface area contributed by atoms with Crippen molar-refractivity contribution in [3.63, 3.8) is 0 Å². The molecule has 1 aromatic rings. The zero-order chi connectivity index (χ0) is 11.6. The number of nitro groups is 1. The van der Waals surface area contributed by atoms with Gasteiger partial charge in [0.2, 0.25) is 0 Å². The molecule has 0 bridgehead atoms. The Hall–Kier alpha value is -1.20. The molecule has 0 radical (unpaired) electrons. The van der Waals surface area contributed by atoms with Gasteiger partial charge in [-0.1, -0.05) is 0 Å². The van der Waals surface area contributed by atoms with Crippen molar-refractivity contribution < 1.29 is 9.72 Å². The lowest BCUT2D eigenvalue weighted by Gasteiger charge is -2.00. The van der Waals surface area contributed by atoms with Crippen LogP contribution in [0.3, 0.4) is 0 Å². The van der Waals surface area contributed by atoms with E-state index in [0.29, 0.717) is 3.57 Å². The van der Waals surface area contributed by atoms with E-state index in [1.54, 1.807) is 28.7 Å². The van der Waals surface area contributed by atoms with E-state index >= 15 is 0 Å². The lowest BCUT2D eigenvalue weighted by molar-refractivity contribution is -0.385. The number of halogens is 2. The topological polar surface area (TPSA) is 84.0 Å². The van der Waals surface area contributed by atoms with Crippen molar-refractivity contribution in [2.75, 3.05) is 0 Å². The quantitative estimate of drug-likeness (QED) is 0.359. The summed E-state index contributed by atoms with van der Waals surface area (Å²) in [7, 11) is 0. The highest BCUT2D eigenvalue weighted by Gasteiger charge is 2.19. The van der Waals surface area contributed by atoms with Crippen LogP contribution in [0, 0.1) is 25.0 Å². The Morgan fingerprint density at radius 3 is 2.60 bits per heavy atom. The van der Waals surface area contributed by atoms with Crippen molar-refractivity contribution in [3.05, 3.63) is 36.9 Å². The molecular formula is C8H2ClIN2O3. The highest BCUT2D eigenvalue weighted by Crippen LogP contribution is 2.25. The molecule has 0 unspecified atom stereocenters. The summed E-state index contributed by atoms with van der Waals surface area (Å²) >= 11 is 6.99. The predicted molar refractivity (Wildman–Crippen MR) is 60.7 cm³/mol. The van der Waals surface area contributed by atoms with Crippen LogP contribution in [0.4, 0.5) is 5.69 Å². The fourth-order valence-corrected chi connectivity index (χ4v) is 1.97. The largest absolute Gasteiger partial charge is 0.288 e. The van der Waals surface area contributed by atoms with Crippen LogP contribution in [0.25, 0.3) is 0 Å². The van der Waals surface area contributed by atoms with Gasteiger partial charge in [0.15, 0.2) is 0 Å². The molecule has 0 aromatic heterocycles. The molecule has 0 amide bonds. The van der Waals surface area contributed by atoms with E-state index in [1.165, 1.54) is 0 Å². The maximum atomic E-state index is 10.9. The van der Waals surface area contributed by atoms with Gasteiger partial charge in [-0.25, -0.2) is 0 Å².